The highest BCUT2D eigenvalue weighted by atomic mass is 32.1. The Labute approximate surface area is 141 Å². The SMILES string of the molecule is CCNc1cc2c(C)nn(CC(=O)Oc3ncccn3)c(=O)c2s1. The van der Waals surface area contributed by atoms with Crippen LogP contribution < -0.4 is 15.6 Å². The van der Waals surface area contributed by atoms with E-state index >= 15 is 0 Å². The van der Waals surface area contributed by atoms with Crippen LogP contribution in [0.1, 0.15) is 12.6 Å². The van der Waals surface area contributed by atoms with Crippen molar-refractivity contribution in [1.29, 1.82) is 0 Å². The highest BCUT2D eigenvalue weighted by Crippen LogP contribution is 2.28. The average molecular weight is 345 g/mol. The van der Waals surface area contributed by atoms with Crippen LogP contribution in [-0.2, 0) is 11.3 Å². The number of ether oxygens (including phenoxy) is 1. The lowest BCUT2D eigenvalue weighted by Crippen LogP contribution is -2.29. The van der Waals surface area contributed by atoms with E-state index in [0.29, 0.717) is 10.4 Å². The van der Waals surface area contributed by atoms with Crippen LogP contribution >= 0.6 is 11.3 Å². The summed E-state index contributed by atoms with van der Waals surface area (Å²) in [5, 5.41) is 9.06. The van der Waals surface area contributed by atoms with Gasteiger partial charge in [0.15, 0.2) is 0 Å². The Hall–Kier alpha value is -2.81. The van der Waals surface area contributed by atoms with Gasteiger partial charge in [-0.3, -0.25) is 4.79 Å². The minimum Gasteiger partial charge on any atom is -0.389 e. The van der Waals surface area contributed by atoms with Crippen LogP contribution in [0.15, 0.2) is 29.3 Å². The molecule has 8 nitrogen and oxygen atoms in total. The van der Waals surface area contributed by atoms with Crippen LogP contribution in [0, 0.1) is 6.92 Å². The van der Waals surface area contributed by atoms with Gasteiger partial charge in [0, 0.05) is 24.3 Å². The van der Waals surface area contributed by atoms with Crippen LogP contribution in [0.25, 0.3) is 10.1 Å². The van der Waals surface area contributed by atoms with Crippen molar-refractivity contribution >= 4 is 32.4 Å². The van der Waals surface area contributed by atoms with Crippen LogP contribution in [0.3, 0.4) is 0 Å². The standard InChI is InChI=1S/C15H15N5O3S/c1-3-16-11-7-10-9(2)19-20(14(22)13(10)24-11)8-12(21)23-15-17-5-4-6-18-15/h4-7,16H,3,8H2,1-2H3. The van der Waals surface area contributed by atoms with Gasteiger partial charge in [-0.2, -0.15) is 5.10 Å². The van der Waals surface area contributed by atoms with Crippen molar-refractivity contribution in [1.82, 2.24) is 19.7 Å². The third-order valence-electron chi connectivity index (χ3n) is 3.20. The van der Waals surface area contributed by atoms with Crippen LogP contribution in [0.4, 0.5) is 5.00 Å². The zero-order valence-corrected chi connectivity index (χ0v) is 14.0. The maximum atomic E-state index is 12.5. The molecule has 3 heterocycles. The first kappa shape index (κ1) is 16.1. The smallest absolute Gasteiger partial charge is 0.335 e. The molecule has 0 aliphatic rings. The molecule has 3 aromatic heterocycles. The van der Waals surface area contributed by atoms with E-state index in [-0.39, 0.29) is 18.1 Å². The maximum Gasteiger partial charge on any atom is 0.335 e. The number of carbonyl (C=O) groups excluding carboxylic acids is 1. The number of nitrogens with one attached hydrogen (secondary N) is 1. The molecule has 0 atom stereocenters. The van der Waals surface area contributed by atoms with E-state index in [2.05, 4.69) is 20.4 Å². The Morgan fingerprint density at radius 2 is 2.12 bits per heavy atom. The molecule has 0 saturated carbocycles. The lowest BCUT2D eigenvalue weighted by atomic mass is 10.3. The fourth-order valence-electron chi connectivity index (χ4n) is 2.18. The number of aryl methyl sites for hydroxylation is 1. The molecule has 1 N–H and O–H groups in total. The van der Waals surface area contributed by atoms with Crippen LogP contribution in [0.2, 0.25) is 0 Å². The second-order valence-electron chi connectivity index (χ2n) is 4.94. The van der Waals surface area contributed by atoms with Crippen molar-refractivity contribution in [2.24, 2.45) is 0 Å². The first-order valence-corrected chi connectivity index (χ1v) is 8.13. The average Bonchev–Trinajstić information content (AvgIpc) is 2.98. The molecule has 0 fully saturated rings. The molecule has 24 heavy (non-hydrogen) atoms. The van der Waals surface area contributed by atoms with E-state index in [9.17, 15) is 9.59 Å². The summed E-state index contributed by atoms with van der Waals surface area (Å²) in [7, 11) is 0. The number of aromatic nitrogens is 4. The number of fused-ring (bicyclic) bond motifs is 1. The van der Waals surface area contributed by atoms with Gasteiger partial charge in [-0.25, -0.2) is 19.4 Å². The monoisotopic (exact) mass is 345 g/mol. The summed E-state index contributed by atoms with van der Waals surface area (Å²) in [4.78, 5) is 32.1. The predicted octanol–water partition coefficient (Wildman–Crippen LogP) is 1.59. The van der Waals surface area contributed by atoms with Crippen molar-refractivity contribution in [3.05, 3.63) is 40.6 Å². The quantitative estimate of drug-likeness (QED) is 0.701. The zero-order valence-electron chi connectivity index (χ0n) is 13.1. The third-order valence-corrected chi connectivity index (χ3v) is 4.28. The summed E-state index contributed by atoms with van der Waals surface area (Å²) in [6.45, 7) is 4.24. The summed E-state index contributed by atoms with van der Waals surface area (Å²) < 4.78 is 6.66. The van der Waals surface area contributed by atoms with Crippen molar-refractivity contribution in [3.63, 3.8) is 0 Å². The number of rotatable bonds is 5. The van der Waals surface area contributed by atoms with Crippen molar-refractivity contribution < 1.29 is 9.53 Å². The fourth-order valence-corrected chi connectivity index (χ4v) is 3.30. The van der Waals surface area contributed by atoms with Gasteiger partial charge in [0.1, 0.15) is 11.2 Å². The van der Waals surface area contributed by atoms with Gasteiger partial charge in [-0.05, 0) is 26.0 Å². The van der Waals surface area contributed by atoms with E-state index in [1.54, 1.807) is 13.0 Å². The Bertz CT molecular complexity index is 935. The number of nitrogens with zero attached hydrogens (tertiary/aromatic N) is 4. The van der Waals surface area contributed by atoms with Gasteiger partial charge in [-0.15, -0.1) is 11.3 Å². The molecular formula is C15H15N5O3S. The summed E-state index contributed by atoms with van der Waals surface area (Å²) in [6, 6.07) is 3.45. The lowest BCUT2D eigenvalue weighted by Gasteiger charge is -2.06. The summed E-state index contributed by atoms with van der Waals surface area (Å²) >= 11 is 1.35. The zero-order chi connectivity index (χ0) is 17.1. The minimum absolute atomic E-state index is 0.0566. The molecule has 0 saturated heterocycles. The van der Waals surface area contributed by atoms with Crippen molar-refractivity contribution in [2.75, 3.05) is 11.9 Å². The molecule has 0 aliphatic carbocycles. The second-order valence-corrected chi connectivity index (χ2v) is 5.99. The van der Waals surface area contributed by atoms with Gasteiger partial charge in [-0.1, -0.05) is 0 Å². The molecule has 0 aromatic carbocycles. The van der Waals surface area contributed by atoms with E-state index in [1.165, 1.54) is 23.7 Å². The normalized spacial score (nSPS) is 10.8. The molecule has 124 valence electrons. The van der Waals surface area contributed by atoms with Crippen LogP contribution in [0.5, 0.6) is 6.01 Å². The Morgan fingerprint density at radius 3 is 2.83 bits per heavy atom. The van der Waals surface area contributed by atoms with E-state index in [4.69, 9.17) is 4.74 Å². The molecule has 0 aliphatic heterocycles. The number of esters is 1. The number of anilines is 1. The van der Waals surface area contributed by atoms with E-state index in [0.717, 1.165) is 21.6 Å². The van der Waals surface area contributed by atoms with Gasteiger partial charge < -0.3 is 10.1 Å². The Balaban J connectivity index is 1.88. The number of carbonyl (C=O) groups is 1. The van der Waals surface area contributed by atoms with E-state index < -0.39 is 5.97 Å². The summed E-state index contributed by atoms with van der Waals surface area (Å²) in [6.07, 6.45) is 2.92. The Kier molecular flexibility index (Phi) is 4.52. The first-order chi connectivity index (χ1) is 11.6. The molecule has 3 rings (SSSR count). The second kappa shape index (κ2) is 6.75. The van der Waals surface area contributed by atoms with Crippen molar-refractivity contribution in [2.45, 2.75) is 20.4 Å². The predicted molar refractivity (Wildman–Crippen MR) is 90.4 cm³/mol. The van der Waals surface area contributed by atoms with E-state index in [1.807, 2.05) is 13.0 Å². The molecule has 3 aromatic rings. The topological polar surface area (TPSA) is 99.0 Å². The first-order valence-electron chi connectivity index (χ1n) is 7.31. The van der Waals surface area contributed by atoms with Gasteiger partial charge in [0.2, 0.25) is 0 Å². The van der Waals surface area contributed by atoms with Crippen LogP contribution in [-0.4, -0.2) is 32.3 Å². The highest BCUT2D eigenvalue weighted by molar-refractivity contribution is 7.22. The lowest BCUT2D eigenvalue weighted by molar-refractivity contribution is -0.135. The maximum absolute atomic E-state index is 12.5. The number of hydrogen-bond donors (Lipinski definition) is 1. The number of thiophene rings is 1. The summed E-state index contributed by atoms with van der Waals surface area (Å²) in [5.41, 5.74) is 0.351. The third kappa shape index (κ3) is 3.25. The Morgan fingerprint density at radius 1 is 1.38 bits per heavy atom. The largest absolute Gasteiger partial charge is 0.389 e. The van der Waals surface area contributed by atoms with Gasteiger partial charge in [0.25, 0.3) is 5.56 Å². The fraction of sp³-hybridized carbons (Fsp3) is 0.267. The molecule has 0 amide bonds. The minimum atomic E-state index is -0.655. The molecule has 9 heteroatoms. The van der Waals surface area contributed by atoms with Gasteiger partial charge in [0.05, 0.1) is 10.7 Å². The van der Waals surface area contributed by atoms with Crippen molar-refractivity contribution in [3.8, 4) is 6.01 Å². The highest BCUT2D eigenvalue weighted by Gasteiger charge is 2.15. The number of hydrogen-bond acceptors (Lipinski definition) is 8. The molecule has 0 spiro atoms. The summed E-state index contributed by atoms with van der Waals surface area (Å²) in [5.74, 6) is -0.655. The molecule has 0 unspecified atom stereocenters. The molecule has 0 radical (unpaired) electrons. The van der Waals surface area contributed by atoms with Gasteiger partial charge >= 0.3 is 12.0 Å². The molecule has 0 bridgehead atoms. The molecular weight excluding hydrogens is 330 g/mol.